The Bertz CT molecular complexity index is 1570. The SMILES string of the molecule is COc1cc(OC)c(C(=O)Cc2ccc(C#Cc3ccc(OC(=O)c4cc(OC)c(OC)cc4OC)cc3)cc2)cc1OC. The van der Waals surface area contributed by atoms with Crippen molar-refractivity contribution in [2.75, 3.05) is 42.7 Å². The number of methoxy groups -OCH3 is 6. The van der Waals surface area contributed by atoms with Crippen molar-refractivity contribution in [3.05, 3.63) is 101 Å². The van der Waals surface area contributed by atoms with E-state index in [4.69, 9.17) is 33.2 Å². The molecule has 4 rings (SSSR count). The molecule has 226 valence electrons. The van der Waals surface area contributed by atoms with Crippen LogP contribution in [0.15, 0.2) is 72.8 Å². The van der Waals surface area contributed by atoms with E-state index in [1.165, 1.54) is 48.7 Å². The van der Waals surface area contributed by atoms with E-state index in [0.717, 1.165) is 16.7 Å². The molecule has 0 amide bonds. The van der Waals surface area contributed by atoms with Crippen LogP contribution in [0.25, 0.3) is 0 Å². The van der Waals surface area contributed by atoms with Gasteiger partial charge in [-0.05, 0) is 48.0 Å². The maximum atomic E-state index is 13.1. The summed E-state index contributed by atoms with van der Waals surface area (Å²) in [6, 6.07) is 20.6. The number of ether oxygens (including phenoxy) is 7. The molecular formula is C35H32O9. The average Bonchev–Trinajstić information content (AvgIpc) is 3.07. The highest BCUT2D eigenvalue weighted by Gasteiger charge is 2.20. The number of hydrogen-bond acceptors (Lipinski definition) is 9. The molecular weight excluding hydrogens is 564 g/mol. The molecule has 9 nitrogen and oxygen atoms in total. The van der Waals surface area contributed by atoms with Gasteiger partial charge in [0, 0.05) is 35.7 Å². The number of benzene rings is 4. The van der Waals surface area contributed by atoms with Gasteiger partial charge in [0.1, 0.15) is 22.8 Å². The van der Waals surface area contributed by atoms with Gasteiger partial charge >= 0.3 is 5.97 Å². The van der Waals surface area contributed by atoms with Crippen LogP contribution in [0.3, 0.4) is 0 Å². The highest BCUT2D eigenvalue weighted by Crippen LogP contribution is 2.36. The monoisotopic (exact) mass is 596 g/mol. The van der Waals surface area contributed by atoms with Gasteiger partial charge in [0.2, 0.25) is 0 Å². The van der Waals surface area contributed by atoms with E-state index < -0.39 is 5.97 Å². The molecule has 0 saturated heterocycles. The molecule has 9 heteroatoms. The average molecular weight is 597 g/mol. The number of rotatable bonds is 11. The Morgan fingerprint density at radius 2 is 0.932 bits per heavy atom. The summed E-state index contributed by atoms with van der Waals surface area (Å²) in [5.41, 5.74) is 2.94. The standard InChI is InChI=1S/C35H32O9/c1-38-29-20-33(42-5)31(40-3)18-26(29)28(36)17-24-11-9-22(10-12-24)7-8-23-13-15-25(16-14-23)44-35(37)27-19-32(41-4)34(43-6)21-30(27)39-2/h9-16,18-21H,17H2,1-6H3. The number of hydrogen-bond donors (Lipinski definition) is 0. The minimum absolute atomic E-state index is 0.119. The highest BCUT2D eigenvalue weighted by atomic mass is 16.5. The first-order chi connectivity index (χ1) is 21.3. The normalized spacial score (nSPS) is 10.1. The van der Waals surface area contributed by atoms with Gasteiger partial charge in [0.05, 0.1) is 48.2 Å². The van der Waals surface area contributed by atoms with E-state index in [1.807, 2.05) is 24.3 Å². The van der Waals surface area contributed by atoms with Gasteiger partial charge in [-0.3, -0.25) is 4.79 Å². The van der Waals surface area contributed by atoms with Crippen molar-refractivity contribution < 1.29 is 42.7 Å². The Morgan fingerprint density at radius 3 is 1.41 bits per heavy atom. The van der Waals surface area contributed by atoms with E-state index >= 15 is 0 Å². The van der Waals surface area contributed by atoms with Crippen molar-refractivity contribution in [1.82, 2.24) is 0 Å². The molecule has 0 fully saturated rings. The van der Waals surface area contributed by atoms with Crippen LogP contribution in [-0.2, 0) is 6.42 Å². The predicted molar refractivity (Wildman–Crippen MR) is 164 cm³/mol. The van der Waals surface area contributed by atoms with Gasteiger partial charge < -0.3 is 33.2 Å². The van der Waals surface area contributed by atoms with Crippen molar-refractivity contribution in [2.45, 2.75) is 6.42 Å². The highest BCUT2D eigenvalue weighted by molar-refractivity contribution is 6.00. The fraction of sp³-hybridized carbons (Fsp3) is 0.200. The lowest BCUT2D eigenvalue weighted by Gasteiger charge is -2.13. The summed E-state index contributed by atoms with van der Waals surface area (Å²) in [7, 11) is 8.97. The van der Waals surface area contributed by atoms with E-state index in [-0.39, 0.29) is 17.8 Å². The molecule has 0 aromatic heterocycles. The van der Waals surface area contributed by atoms with Crippen LogP contribution >= 0.6 is 0 Å². The largest absolute Gasteiger partial charge is 0.496 e. The molecule has 0 saturated carbocycles. The number of ketones is 1. The second kappa shape index (κ2) is 14.5. The van der Waals surface area contributed by atoms with Gasteiger partial charge in [-0.2, -0.15) is 0 Å². The van der Waals surface area contributed by atoms with Crippen molar-refractivity contribution >= 4 is 11.8 Å². The lowest BCUT2D eigenvalue weighted by molar-refractivity contribution is 0.0730. The van der Waals surface area contributed by atoms with Crippen LogP contribution < -0.4 is 33.2 Å². The minimum Gasteiger partial charge on any atom is -0.496 e. The molecule has 0 aliphatic heterocycles. The molecule has 4 aromatic rings. The maximum Gasteiger partial charge on any atom is 0.347 e. The van der Waals surface area contributed by atoms with Crippen molar-refractivity contribution in [2.24, 2.45) is 0 Å². The van der Waals surface area contributed by atoms with Gasteiger partial charge in [-0.1, -0.05) is 24.0 Å². The summed E-state index contributed by atoms with van der Waals surface area (Å²) < 4.78 is 37.5. The van der Waals surface area contributed by atoms with Crippen LogP contribution in [0.1, 0.15) is 37.4 Å². The van der Waals surface area contributed by atoms with E-state index in [9.17, 15) is 9.59 Å². The third-order valence-electron chi connectivity index (χ3n) is 6.67. The third-order valence-corrected chi connectivity index (χ3v) is 6.67. The molecule has 0 atom stereocenters. The minimum atomic E-state index is -0.607. The lowest BCUT2D eigenvalue weighted by atomic mass is 10.0. The third kappa shape index (κ3) is 7.23. The zero-order chi connectivity index (χ0) is 31.6. The van der Waals surface area contributed by atoms with Gasteiger partial charge in [-0.25, -0.2) is 4.79 Å². The first-order valence-electron chi connectivity index (χ1n) is 13.4. The van der Waals surface area contributed by atoms with Gasteiger partial charge in [-0.15, -0.1) is 0 Å². The number of carbonyl (C=O) groups is 2. The van der Waals surface area contributed by atoms with Crippen LogP contribution in [0.2, 0.25) is 0 Å². The summed E-state index contributed by atoms with van der Waals surface area (Å²) in [6.45, 7) is 0. The van der Waals surface area contributed by atoms with Crippen molar-refractivity contribution in [3.63, 3.8) is 0 Å². The fourth-order valence-electron chi connectivity index (χ4n) is 4.34. The topological polar surface area (TPSA) is 98.8 Å². The zero-order valence-corrected chi connectivity index (χ0v) is 25.3. The Hall–Kier alpha value is -5.62. The van der Waals surface area contributed by atoms with Crippen LogP contribution in [0.4, 0.5) is 0 Å². The van der Waals surface area contributed by atoms with E-state index in [0.29, 0.717) is 45.8 Å². The van der Waals surface area contributed by atoms with Crippen LogP contribution in [0, 0.1) is 11.8 Å². The summed E-state index contributed by atoms with van der Waals surface area (Å²) in [5.74, 6) is 8.28. The van der Waals surface area contributed by atoms with Crippen molar-refractivity contribution in [1.29, 1.82) is 0 Å². The van der Waals surface area contributed by atoms with Crippen LogP contribution in [-0.4, -0.2) is 54.4 Å². The van der Waals surface area contributed by atoms with E-state index in [2.05, 4.69) is 11.8 Å². The molecule has 0 spiro atoms. The predicted octanol–water partition coefficient (Wildman–Crippen LogP) is 5.78. The zero-order valence-electron chi connectivity index (χ0n) is 25.3. The Balaban J connectivity index is 1.41. The van der Waals surface area contributed by atoms with Gasteiger partial charge in [0.25, 0.3) is 0 Å². The maximum absolute atomic E-state index is 13.1. The van der Waals surface area contributed by atoms with Crippen LogP contribution in [0.5, 0.6) is 40.2 Å². The summed E-state index contributed by atoms with van der Waals surface area (Å²) >= 11 is 0. The molecule has 0 radical (unpaired) electrons. The summed E-state index contributed by atoms with van der Waals surface area (Å²) in [4.78, 5) is 25.9. The molecule has 0 heterocycles. The molecule has 4 aromatic carbocycles. The molecule has 44 heavy (non-hydrogen) atoms. The van der Waals surface area contributed by atoms with E-state index in [1.54, 1.807) is 42.5 Å². The first kappa shape index (κ1) is 31.3. The number of Topliss-reactive ketones (excluding diaryl/α,β-unsaturated/α-hetero) is 1. The molecule has 0 unspecified atom stereocenters. The number of carbonyl (C=O) groups excluding carboxylic acids is 2. The van der Waals surface area contributed by atoms with Crippen molar-refractivity contribution in [3.8, 4) is 52.1 Å². The van der Waals surface area contributed by atoms with Gasteiger partial charge in [0.15, 0.2) is 28.8 Å². The molecule has 0 bridgehead atoms. The second-order valence-electron chi connectivity index (χ2n) is 9.28. The molecule has 0 aliphatic carbocycles. The summed E-state index contributed by atoms with van der Waals surface area (Å²) in [6.07, 6.45) is 0.176. The second-order valence-corrected chi connectivity index (χ2v) is 9.28. The number of esters is 1. The quantitative estimate of drug-likeness (QED) is 0.0923. The molecule has 0 N–H and O–H groups in total. The Kier molecular flexibility index (Phi) is 10.3. The Morgan fingerprint density at radius 1 is 0.523 bits per heavy atom. The Labute approximate surface area is 256 Å². The lowest BCUT2D eigenvalue weighted by Crippen LogP contribution is -2.11. The summed E-state index contributed by atoms with van der Waals surface area (Å²) in [5, 5.41) is 0. The fourth-order valence-corrected chi connectivity index (χ4v) is 4.34. The first-order valence-corrected chi connectivity index (χ1v) is 13.4. The molecule has 0 aliphatic rings. The smallest absolute Gasteiger partial charge is 0.347 e.